The summed E-state index contributed by atoms with van der Waals surface area (Å²) in [6.07, 6.45) is 3.29. The van der Waals surface area contributed by atoms with Gasteiger partial charge in [-0.3, -0.25) is 4.98 Å². The Morgan fingerprint density at radius 2 is 2.47 bits per heavy atom. The lowest BCUT2D eigenvalue weighted by Crippen LogP contribution is -2.33. The minimum Gasteiger partial charge on any atom is -0.480 e. The molecule has 0 saturated carbocycles. The van der Waals surface area contributed by atoms with Crippen LogP contribution in [-0.2, 0) is 9.53 Å². The molecule has 0 saturated heterocycles. The highest BCUT2D eigenvalue weighted by Gasteiger charge is 2.17. The van der Waals surface area contributed by atoms with Crippen LogP contribution in [0.25, 0.3) is 0 Å². The largest absolute Gasteiger partial charge is 0.480 e. The van der Waals surface area contributed by atoms with Crippen molar-refractivity contribution in [1.29, 1.82) is 0 Å². The predicted octanol–water partition coefficient (Wildman–Crippen LogP) is 0.902. The fraction of sp³-hybridized carbons (Fsp3) is 0.400. The molecule has 15 heavy (non-hydrogen) atoms. The Kier molecular flexibility index (Phi) is 4.05. The van der Waals surface area contributed by atoms with Crippen molar-refractivity contribution >= 4 is 11.7 Å². The molecule has 1 heterocycles. The van der Waals surface area contributed by atoms with Gasteiger partial charge in [-0.1, -0.05) is 0 Å². The summed E-state index contributed by atoms with van der Waals surface area (Å²) in [7, 11) is 1.47. The summed E-state index contributed by atoms with van der Waals surface area (Å²) >= 11 is 0. The molecule has 5 heteroatoms. The van der Waals surface area contributed by atoms with Crippen LogP contribution in [0.2, 0.25) is 0 Å². The number of pyridine rings is 1. The molecular formula is C10H14N2O3. The Labute approximate surface area is 88.1 Å². The number of carbonyl (C=O) groups is 1. The van der Waals surface area contributed by atoms with Crippen molar-refractivity contribution in [3.05, 3.63) is 24.0 Å². The number of carboxylic acids is 1. The van der Waals surface area contributed by atoms with Crippen LogP contribution in [-0.4, -0.2) is 35.8 Å². The van der Waals surface area contributed by atoms with Gasteiger partial charge in [-0.25, -0.2) is 4.79 Å². The van der Waals surface area contributed by atoms with E-state index in [2.05, 4.69) is 10.3 Å². The van der Waals surface area contributed by atoms with Crippen LogP contribution >= 0.6 is 0 Å². The van der Waals surface area contributed by atoms with E-state index in [0.29, 0.717) is 0 Å². The lowest BCUT2D eigenvalue weighted by Gasteiger charge is -2.15. The van der Waals surface area contributed by atoms with Gasteiger partial charge in [0.2, 0.25) is 0 Å². The summed E-state index contributed by atoms with van der Waals surface area (Å²) in [6, 6.07) is 0.997. The molecule has 0 radical (unpaired) electrons. The third kappa shape index (κ3) is 3.21. The van der Waals surface area contributed by atoms with E-state index in [1.165, 1.54) is 7.11 Å². The van der Waals surface area contributed by atoms with E-state index in [9.17, 15) is 4.79 Å². The summed E-state index contributed by atoms with van der Waals surface area (Å²) in [5.74, 6) is -0.937. The van der Waals surface area contributed by atoms with Crippen molar-refractivity contribution in [2.24, 2.45) is 0 Å². The molecule has 0 aromatic carbocycles. The Bertz CT molecular complexity index is 341. The molecule has 0 fully saturated rings. The molecule has 1 aromatic rings. The van der Waals surface area contributed by atoms with Gasteiger partial charge in [-0.05, 0) is 18.6 Å². The highest BCUT2D eigenvalue weighted by molar-refractivity contribution is 5.77. The molecule has 0 amide bonds. The maximum absolute atomic E-state index is 10.8. The van der Waals surface area contributed by atoms with E-state index in [1.54, 1.807) is 18.5 Å². The molecule has 1 aromatic heterocycles. The minimum atomic E-state index is -0.937. The van der Waals surface area contributed by atoms with E-state index < -0.39 is 12.0 Å². The van der Waals surface area contributed by atoms with Gasteiger partial charge in [-0.2, -0.15) is 0 Å². The second-order valence-electron chi connectivity index (χ2n) is 3.18. The van der Waals surface area contributed by atoms with E-state index >= 15 is 0 Å². The fourth-order valence-corrected chi connectivity index (χ4v) is 1.16. The summed E-state index contributed by atoms with van der Waals surface area (Å²) < 4.78 is 4.82. The molecule has 1 atom stereocenters. The van der Waals surface area contributed by atoms with Gasteiger partial charge in [0, 0.05) is 25.2 Å². The molecule has 0 aliphatic heterocycles. The number of hydrogen-bond acceptors (Lipinski definition) is 4. The Morgan fingerprint density at radius 3 is 3.00 bits per heavy atom. The molecule has 1 rings (SSSR count). The number of aromatic nitrogens is 1. The number of nitrogens with zero attached hydrogens (tertiary/aromatic N) is 1. The summed E-state index contributed by atoms with van der Waals surface area (Å²) in [6.45, 7) is 1.98. The van der Waals surface area contributed by atoms with Crippen molar-refractivity contribution < 1.29 is 14.6 Å². The fourth-order valence-electron chi connectivity index (χ4n) is 1.16. The zero-order chi connectivity index (χ0) is 11.3. The average Bonchev–Trinajstić information content (AvgIpc) is 2.20. The van der Waals surface area contributed by atoms with E-state index in [-0.39, 0.29) is 6.61 Å². The smallest absolute Gasteiger partial charge is 0.328 e. The Hall–Kier alpha value is -1.62. The van der Waals surface area contributed by atoms with Gasteiger partial charge in [0.1, 0.15) is 6.04 Å². The SMILES string of the molecule is COCC(Nc1ccncc1C)C(=O)O. The average molecular weight is 210 g/mol. The molecule has 82 valence electrons. The lowest BCUT2D eigenvalue weighted by atomic mass is 10.2. The van der Waals surface area contributed by atoms with Crippen LogP contribution in [0, 0.1) is 6.92 Å². The van der Waals surface area contributed by atoms with Crippen molar-refractivity contribution in [2.75, 3.05) is 19.0 Å². The number of methoxy groups -OCH3 is 1. The normalized spacial score (nSPS) is 12.1. The number of hydrogen-bond donors (Lipinski definition) is 2. The van der Waals surface area contributed by atoms with Gasteiger partial charge >= 0.3 is 5.97 Å². The third-order valence-corrected chi connectivity index (χ3v) is 1.98. The van der Waals surface area contributed by atoms with Crippen LogP contribution < -0.4 is 5.32 Å². The van der Waals surface area contributed by atoms with Crippen LogP contribution in [0.3, 0.4) is 0 Å². The number of aliphatic carboxylic acids is 1. The number of aryl methyl sites for hydroxylation is 1. The first kappa shape index (κ1) is 11.5. The van der Waals surface area contributed by atoms with Gasteiger partial charge in [0.05, 0.1) is 6.61 Å². The monoisotopic (exact) mass is 210 g/mol. The summed E-state index contributed by atoms with van der Waals surface area (Å²) in [4.78, 5) is 14.8. The molecule has 0 spiro atoms. The lowest BCUT2D eigenvalue weighted by molar-refractivity contribution is -0.139. The molecule has 0 aliphatic carbocycles. The highest BCUT2D eigenvalue weighted by atomic mass is 16.5. The van der Waals surface area contributed by atoms with Crippen LogP contribution in [0.5, 0.6) is 0 Å². The van der Waals surface area contributed by atoms with Crippen LogP contribution in [0.4, 0.5) is 5.69 Å². The first-order valence-electron chi connectivity index (χ1n) is 4.54. The highest BCUT2D eigenvalue weighted by Crippen LogP contribution is 2.13. The zero-order valence-electron chi connectivity index (χ0n) is 8.73. The van der Waals surface area contributed by atoms with Crippen molar-refractivity contribution in [3.8, 4) is 0 Å². The van der Waals surface area contributed by atoms with E-state index in [4.69, 9.17) is 9.84 Å². The van der Waals surface area contributed by atoms with Crippen LogP contribution in [0.1, 0.15) is 5.56 Å². The predicted molar refractivity (Wildman–Crippen MR) is 55.9 cm³/mol. The molecular weight excluding hydrogens is 196 g/mol. The third-order valence-electron chi connectivity index (χ3n) is 1.98. The number of rotatable bonds is 5. The number of nitrogens with one attached hydrogen (secondary N) is 1. The summed E-state index contributed by atoms with van der Waals surface area (Å²) in [5, 5.41) is 11.8. The first-order chi connectivity index (χ1) is 7.15. The molecule has 0 aliphatic rings. The maximum Gasteiger partial charge on any atom is 0.328 e. The zero-order valence-corrected chi connectivity index (χ0v) is 8.73. The van der Waals surface area contributed by atoms with Crippen molar-refractivity contribution in [2.45, 2.75) is 13.0 Å². The molecule has 1 unspecified atom stereocenters. The number of ether oxygens (including phenoxy) is 1. The standard InChI is InChI=1S/C10H14N2O3/c1-7-5-11-4-3-8(7)12-9(6-15-2)10(13)14/h3-5,9H,6H2,1-2H3,(H,11,12)(H,13,14). The Balaban J connectivity index is 2.74. The van der Waals surface area contributed by atoms with Crippen molar-refractivity contribution in [1.82, 2.24) is 4.98 Å². The second kappa shape index (κ2) is 5.31. The number of anilines is 1. The van der Waals surface area contributed by atoms with Gasteiger partial charge in [0.15, 0.2) is 0 Å². The van der Waals surface area contributed by atoms with Gasteiger partial charge in [-0.15, -0.1) is 0 Å². The molecule has 2 N–H and O–H groups in total. The summed E-state index contributed by atoms with van der Waals surface area (Å²) in [5.41, 5.74) is 1.66. The maximum atomic E-state index is 10.8. The molecule has 5 nitrogen and oxygen atoms in total. The molecule has 0 bridgehead atoms. The van der Waals surface area contributed by atoms with E-state index in [0.717, 1.165) is 11.3 Å². The number of carboxylic acid groups (broad SMARTS) is 1. The minimum absolute atomic E-state index is 0.122. The first-order valence-corrected chi connectivity index (χ1v) is 4.54. The quantitative estimate of drug-likeness (QED) is 0.755. The van der Waals surface area contributed by atoms with Crippen molar-refractivity contribution in [3.63, 3.8) is 0 Å². The topological polar surface area (TPSA) is 71.5 Å². The Morgan fingerprint density at radius 1 is 1.73 bits per heavy atom. The van der Waals surface area contributed by atoms with Gasteiger partial charge < -0.3 is 15.2 Å². The van der Waals surface area contributed by atoms with Crippen LogP contribution in [0.15, 0.2) is 18.5 Å². The van der Waals surface area contributed by atoms with E-state index in [1.807, 2.05) is 6.92 Å². The second-order valence-corrected chi connectivity index (χ2v) is 3.18. The van der Waals surface area contributed by atoms with Gasteiger partial charge in [0.25, 0.3) is 0 Å².